The molecule has 2 rings (SSSR count). The summed E-state index contributed by atoms with van der Waals surface area (Å²) in [5.41, 5.74) is 0.230. The van der Waals surface area contributed by atoms with E-state index in [0.29, 0.717) is 5.92 Å². The molecule has 0 saturated heterocycles. The van der Waals surface area contributed by atoms with E-state index < -0.39 is 5.41 Å². The van der Waals surface area contributed by atoms with Crippen LogP contribution in [0.4, 0.5) is 4.39 Å². The lowest BCUT2D eigenvalue weighted by atomic mass is 9.53. The van der Waals surface area contributed by atoms with Gasteiger partial charge in [0.05, 0.1) is 5.41 Å². The van der Waals surface area contributed by atoms with Crippen LogP contribution in [0.25, 0.3) is 0 Å². The SMILES string of the molecule is CC1CC(C(=O)Cl)(c2ccc(F)cc2)C1C. The van der Waals surface area contributed by atoms with Gasteiger partial charge in [-0.25, -0.2) is 4.39 Å². The second kappa shape index (κ2) is 3.85. The topological polar surface area (TPSA) is 17.1 Å². The lowest BCUT2D eigenvalue weighted by molar-refractivity contribution is -0.125. The summed E-state index contributed by atoms with van der Waals surface area (Å²) in [6, 6.07) is 6.09. The van der Waals surface area contributed by atoms with E-state index >= 15 is 0 Å². The molecule has 3 unspecified atom stereocenters. The maximum Gasteiger partial charge on any atom is 0.232 e. The van der Waals surface area contributed by atoms with Crippen LogP contribution in [0.15, 0.2) is 24.3 Å². The summed E-state index contributed by atoms with van der Waals surface area (Å²) in [4.78, 5) is 11.7. The number of benzene rings is 1. The van der Waals surface area contributed by atoms with Crippen LogP contribution in [0.1, 0.15) is 25.8 Å². The van der Waals surface area contributed by atoms with Gasteiger partial charge in [0.25, 0.3) is 0 Å². The zero-order chi connectivity index (χ0) is 11.9. The minimum Gasteiger partial charge on any atom is -0.280 e. The predicted octanol–water partition coefficient (Wildman–Crippen LogP) is 3.50. The van der Waals surface area contributed by atoms with Crippen molar-refractivity contribution < 1.29 is 9.18 Å². The highest BCUT2D eigenvalue weighted by molar-refractivity contribution is 6.65. The van der Waals surface area contributed by atoms with Crippen LogP contribution in [0.3, 0.4) is 0 Å². The molecule has 0 amide bonds. The van der Waals surface area contributed by atoms with Gasteiger partial charge in [0.1, 0.15) is 5.82 Å². The first-order valence-corrected chi connectivity index (χ1v) is 5.82. The van der Waals surface area contributed by atoms with Crippen LogP contribution < -0.4 is 0 Å². The first-order chi connectivity index (χ1) is 7.48. The van der Waals surface area contributed by atoms with E-state index in [0.717, 1.165) is 12.0 Å². The molecule has 1 fully saturated rings. The number of hydrogen-bond donors (Lipinski definition) is 0. The summed E-state index contributed by atoms with van der Waals surface area (Å²) in [7, 11) is 0. The second-order valence-electron chi connectivity index (χ2n) is 4.72. The fraction of sp³-hybridized carbons (Fsp3) is 0.462. The molecule has 1 aromatic carbocycles. The highest BCUT2D eigenvalue weighted by atomic mass is 35.5. The van der Waals surface area contributed by atoms with Crippen molar-refractivity contribution in [2.45, 2.75) is 25.7 Å². The molecule has 1 aromatic rings. The Bertz CT molecular complexity index is 414. The Morgan fingerprint density at radius 2 is 1.94 bits per heavy atom. The molecule has 0 aromatic heterocycles. The number of carbonyl (C=O) groups is 1. The third kappa shape index (κ3) is 1.47. The molecule has 1 saturated carbocycles. The zero-order valence-electron chi connectivity index (χ0n) is 9.34. The van der Waals surface area contributed by atoms with Gasteiger partial charge in [0.2, 0.25) is 5.24 Å². The van der Waals surface area contributed by atoms with Crippen molar-refractivity contribution in [1.29, 1.82) is 0 Å². The van der Waals surface area contributed by atoms with E-state index in [1.54, 1.807) is 12.1 Å². The molecule has 0 bridgehead atoms. The van der Waals surface area contributed by atoms with E-state index in [4.69, 9.17) is 11.6 Å². The normalized spacial score (nSPS) is 33.2. The van der Waals surface area contributed by atoms with Crippen LogP contribution in [-0.2, 0) is 10.2 Å². The van der Waals surface area contributed by atoms with Crippen molar-refractivity contribution in [3.63, 3.8) is 0 Å². The molecule has 1 nitrogen and oxygen atoms in total. The Morgan fingerprint density at radius 3 is 2.31 bits per heavy atom. The fourth-order valence-electron chi connectivity index (χ4n) is 2.70. The molecule has 0 heterocycles. The zero-order valence-corrected chi connectivity index (χ0v) is 10.1. The first-order valence-electron chi connectivity index (χ1n) is 5.44. The third-order valence-corrected chi connectivity index (χ3v) is 4.32. The quantitative estimate of drug-likeness (QED) is 0.723. The Kier molecular flexibility index (Phi) is 2.79. The Labute approximate surface area is 99.6 Å². The molecule has 3 heteroatoms. The summed E-state index contributed by atoms with van der Waals surface area (Å²) in [6.07, 6.45) is 0.752. The molecule has 0 radical (unpaired) electrons. The predicted molar refractivity (Wildman–Crippen MR) is 61.9 cm³/mol. The summed E-state index contributed by atoms with van der Waals surface area (Å²) >= 11 is 5.74. The smallest absolute Gasteiger partial charge is 0.232 e. The molecule has 0 N–H and O–H groups in total. The van der Waals surface area contributed by atoms with Crippen LogP contribution >= 0.6 is 11.6 Å². The van der Waals surface area contributed by atoms with Gasteiger partial charge < -0.3 is 0 Å². The summed E-state index contributed by atoms with van der Waals surface area (Å²) in [5.74, 6) is 0.400. The lowest BCUT2D eigenvalue weighted by Crippen LogP contribution is -2.53. The second-order valence-corrected chi connectivity index (χ2v) is 5.07. The van der Waals surface area contributed by atoms with Crippen molar-refractivity contribution in [2.75, 3.05) is 0 Å². The van der Waals surface area contributed by atoms with Gasteiger partial charge in [0, 0.05) is 0 Å². The van der Waals surface area contributed by atoms with E-state index in [1.807, 2.05) is 6.92 Å². The molecule has 0 aliphatic heterocycles. The fourth-order valence-corrected chi connectivity index (χ4v) is 3.05. The summed E-state index contributed by atoms with van der Waals surface area (Å²) < 4.78 is 12.9. The maximum absolute atomic E-state index is 12.9. The van der Waals surface area contributed by atoms with Crippen LogP contribution in [-0.4, -0.2) is 5.24 Å². The van der Waals surface area contributed by atoms with Crippen LogP contribution in [0, 0.1) is 17.7 Å². The average molecular weight is 241 g/mol. The maximum atomic E-state index is 12.9. The number of halogens is 2. The molecule has 3 atom stereocenters. The van der Waals surface area contributed by atoms with E-state index in [2.05, 4.69) is 6.92 Å². The van der Waals surface area contributed by atoms with E-state index in [9.17, 15) is 9.18 Å². The Hall–Kier alpha value is -0.890. The minimum atomic E-state index is -0.603. The molecule has 86 valence electrons. The Balaban J connectivity index is 2.42. The molecule has 1 aliphatic rings. The van der Waals surface area contributed by atoms with Gasteiger partial charge in [-0.3, -0.25) is 4.79 Å². The summed E-state index contributed by atoms with van der Waals surface area (Å²) in [5, 5.41) is -0.329. The molecular formula is C13H14ClFO. The number of carbonyl (C=O) groups excluding carboxylic acids is 1. The molecular weight excluding hydrogens is 227 g/mol. The molecule has 16 heavy (non-hydrogen) atoms. The largest absolute Gasteiger partial charge is 0.280 e. The van der Waals surface area contributed by atoms with E-state index in [-0.39, 0.29) is 17.0 Å². The average Bonchev–Trinajstić information content (AvgIpc) is 2.26. The van der Waals surface area contributed by atoms with Gasteiger partial charge >= 0.3 is 0 Å². The Morgan fingerprint density at radius 1 is 1.38 bits per heavy atom. The minimum absolute atomic E-state index is 0.211. The number of hydrogen-bond acceptors (Lipinski definition) is 1. The van der Waals surface area contributed by atoms with Crippen molar-refractivity contribution in [1.82, 2.24) is 0 Å². The van der Waals surface area contributed by atoms with Crippen molar-refractivity contribution in [3.05, 3.63) is 35.6 Å². The number of rotatable bonds is 2. The van der Waals surface area contributed by atoms with Gasteiger partial charge in [0.15, 0.2) is 0 Å². The van der Waals surface area contributed by atoms with Crippen molar-refractivity contribution >= 4 is 16.8 Å². The standard InChI is InChI=1S/C13H14ClFO/c1-8-7-13(9(8)2,12(14)16)10-3-5-11(15)6-4-10/h3-6,8-9H,7H2,1-2H3. The lowest BCUT2D eigenvalue weighted by Gasteiger charge is -2.50. The third-order valence-electron chi connectivity index (χ3n) is 3.98. The monoisotopic (exact) mass is 240 g/mol. The van der Waals surface area contributed by atoms with Gasteiger partial charge in [-0.2, -0.15) is 0 Å². The van der Waals surface area contributed by atoms with Crippen LogP contribution in [0.5, 0.6) is 0 Å². The highest BCUT2D eigenvalue weighted by Crippen LogP contribution is 2.53. The molecule has 0 spiro atoms. The van der Waals surface area contributed by atoms with Crippen molar-refractivity contribution in [3.8, 4) is 0 Å². The van der Waals surface area contributed by atoms with Crippen LogP contribution in [0.2, 0.25) is 0 Å². The van der Waals surface area contributed by atoms with Gasteiger partial charge in [-0.1, -0.05) is 26.0 Å². The highest BCUT2D eigenvalue weighted by Gasteiger charge is 2.54. The van der Waals surface area contributed by atoms with E-state index in [1.165, 1.54) is 12.1 Å². The van der Waals surface area contributed by atoms with Gasteiger partial charge in [-0.15, -0.1) is 0 Å². The molecule has 1 aliphatic carbocycles. The van der Waals surface area contributed by atoms with Gasteiger partial charge in [-0.05, 0) is 47.6 Å². The van der Waals surface area contributed by atoms with Crippen molar-refractivity contribution in [2.24, 2.45) is 11.8 Å². The first kappa shape index (κ1) is 11.6. The summed E-state index contributed by atoms with van der Waals surface area (Å²) in [6.45, 7) is 4.13.